The van der Waals surface area contributed by atoms with Crippen molar-refractivity contribution >= 4 is 23.2 Å². The van der Waals surface area contributed by atoms with Crippen LogP contribution >= 0.6 is 0 Å². The van der Waals surface area contributed by atoms with Crippen LogP contribution in [-0.2, 0) is 6.18 Å². The SMILES string of the molecule is Cc1cn(-c2cc(NC(=O)c3ccc(C)c(Nc4nccc(-c5cncc(C(C)C)c5)n4)c3)cc(C(F)(F)F)c2)cn1. The molecule has 214 valence electrons. The summed E-state index contributed by atoms with van der Waals surface area (Å²) >= 11 is 0. The van der Waals surface area contributed by atoms with E-state index < -0.39 is 17.6 Å². The molecule has 0 bridgehead atoms. The van der Waals surface area contributed by atoms with Gasteiger partial charge >= 0.3 is 6.18 Å². The van der Waals surface area contributed by atoms with Crippen molar-refractivity contribution in [1.82, 2.24) is 24.5 Å². The maximum absolute atomic E-state index is 13.7. The fourth-order valence-corrected chi connectivity index (χ4v) is 4.27. The lowest BCUT2D eigenvalue weighted by atomic mass is 10.0. The van der Waals surface area contributed by atoms with E-state index in [1.54, 1.807) is 49.8 Å². The highest BCUT2D eigenvalue weighted by Crippen LogP contribution is 2.33. The van der Waals surface area contributed by atoms with E-state index in [1.807, 2.05) is 19.2 Å². The summed E-state index contributed by atoms with van der Waals surface area (Å²) in [4.78, 5) is 30.5. The Balaban J connectivity index is 1.40. The van der Waals surface area contributed by atoms with Gasteiger partial charge in [-0.25, -0.2) is 15.0 Å². The molecule has 5 aromatic rings. The molecule has 2 aromatic carbocycles. The Bertz CT molecular complexity index is 1760. The molecule has 0 spiro atoms. The normalized spacial score (nSPS) is 11.5. The van der Waals surface area contributed by atoms with Gasteiger partial charge in [0.15, 0.2) is 0 Å². The molecule has 0 aliphatic carbocycles. The van der Waals surface area contributed by atoms with E-state index in [4.69, 9.17) is 0 Å². The van der Waals surface area contributed by atoms with Crippen molar-refractivity contribution in [2.24, 2.45) is 0 Å². The van der Waals surface area contributed by atoms with Gasteiger partial charge in [0.2, 0.25) is 5.95 Å². The number of nitrogens with zero attached hydrogens (tertiary/aromatic N) is 5. The number of nitrogens with one attached hydrogen (secondary N) is 2. The Morgan fingerprint density at radius 2 is 1.79 bits per heavy atom. The molecule has 5 rings (SSSR count). The van der Waals surface area contributed by atoms with E-state index in [1.165, 1.54) is 17.0 Å². The topological polar surface area (TPSA) is 97.6 Å². The molecule has 0 saturated heterocycles. The van der Waals surface area contributed by atoms with E-state index in [0.29, 0.717) is 28.9 Å². The number of benzene rings is 2. The van der Waals surface area contributed by atoms with Crippen molar-refractivity contribution < 1.29 is 18.0 Å². The van der Waals surface area contributed by atoms with Gasteiger partial charge in [-0.15, -0.1) is 0 Å². The predicted octanol–water partition coefficient (Wildman–Crippen LogP) is 7.48. The lowest BCUT2D eigenvalue weighted by molar-refractivity contribution is -0.137. The zero-order valence-corrected chi connectivity index (χ0v) is 23.4. The molecule has 0 saturated carbocycles. The molecule has 1 amide bonds. The van der Waals surface area contributed by atoms with Gasteiger partial charge in [-0.05, 0) is 73.4 Å². The number of aryl methyl sites for hydroxylation is 2. The molecule has 0 atom stereocenters. The number of halogens is 3. The largest absolute Gasteiger partial charge is 0.416 e. The zero-order valence-electron chi connectivity index (χ0n) is 23.4. The van der Waals surface area contributed by atoms with Gasteiger partial charge in [0.05, 0.1) is 23.3 Å². The number of carbonyl (C=O) groups is 1. The highest BCUT2D eigenvalue weighted by Gasteiger charge is 2.31. The van der Waals surface area contributed by atoms with Crippen LogP contribution in [0.3, 0.4) is 0 Å². The molecule has 0 aliphatic heterocycles. The van der Waals surface area contributed by atoms with Crippen LogP contribution in [0.5, 0.6) is 0 Å². The first-order valence-corrected chi connectivity index (χ1v) is 13.2. The zero-order chi connectivity index (χ0) is 30.0. The summed E-state index contributed by atoms with van der Waals surface area (Å²) in [5, 5.41) is 5.76. The number of anilines is 3. The first kappa shape index (κ1) is 28.5. The van der Waals surface area contributed by atoms with Crippen molar-refractivity contribution in [3.05, 3.63) is 108 Å². The van der Waals surface area contributed by atoms with Gasteiger partial charge in [0.1, 0.15) is 0 Å². The maximum atomic E-state index is 13.7. The van der Waals surface area contributed by atoms with E-state index in [0.717, 1.165) is 28.8 Å². The number of aromatic nitrogens is 5. The lowest BCUT2D eigenvalue weighted by Crippen LogP contribution is -2.14. The molecule has 42 heavy (non-hydrogen) atoms. The van der Waals surface area contributed by atoms with Crippen molar-refractivity contribution in [3.8, 4) is 16.9 Å². The number of carbonyl (C=O) groups excluding carboxylic acids is 1. The Morgan fingerprint density at radius 3 is 2.50 bits per heavy atom. The summed E-state index contributed by atoms with van der Waals surface area (Å²) in [6, 6.07) is 12.1. The number of amides is 1. The molecule has 0 fully saturated rings. The molecule has 3 heterocycles. The summed E-state index contributed by atoms with van der Waals surface area (Å²) in [7, 11) is 0. The number of hydrogen-bond acceptors (Lipinski definition) is 6. The minimum atomic E-state index is -4.60. The third kappa shape index (κ3) is 6.46. The van der Waals surface area contributed by atoms with Crippen LogP contribution in [0.25, 0.3) is 16.9 Å². The van der Waals surface area contributed by atoms with Crippen molar-refractivity contribution in [2.75, 3.05) is 10.6 Å². The third-order valence-electron chi connectivity index (χ3n) is 6.64. The van der Waals surface area contributed by atoms with Gasteiger partial charge in [0, 0.05) is 53.0 Å². The summed E-state index contributed by atoms with van der Waals surface area (Å²) in [5.41, 5.74) is 4.23. The average Bonchev–Trinajstić information content (AvgIpc) is 3.40. The minimum absolute atomic E-state index is 0.000431. The summed E-state index contributed by atoms with van der Waals surface area (Å²) in [5.74, 6) is 0.0590. The van der Waals surface area contributed by atoms with Gasteiger partial charge < -0.3 is 15.2 Å². The second-order valence-corrected chi connectivity index (χ2v) is 10.2. The molecular weight excluding hydrogens is 543 g/mol. The van der Waals surface area contributed by atoms with Gasteiger partial charge in [-0.2, -0.15) is 13.2 Å². The summed E-state index contributed by atoms with van der Waals surface area (Å²) in [6.07, 6.45) is 3.61. The second-order valence-electron chi connectivity index (χ2n) is 10.2. The Kier molecular flexibility index (Phi) is 7.75. The van der Waals surface area contributed by atoms with Gasteiger partial charge in [-0.3, -0.25) is 9.78 Å². The van der Waals surface area contributed by atoms with Crippen LogP contribution in [0.4, 0.5) is 30.5 Å². The third-order valence-corrected chi connectivity index (χ3v) is 6.64. The molecule has 11 heteroatoms. The van der Waals surface area contributed by atoms with Crippen LogP contribution in [0, 0.1) is 13.8 Å². The monoisotopic (exact) mass is 571 g/mol. The van der Waals surface area contributed by atoms with Gasteiger partial charge in [-0.1, -0.05) is 19.9 Å². The van der Waals surface area contributed by atoms with E-state index in [-0.39, 0.29) is 16.9 Å². The lowest BCUT2D eigenvalue weighted by Gasteiger charge is -2.14. The molecule has 3 aromatic heterocycles. The number of alkyl halides is 3. The molecule has 8 nitrogen and oxygen atoms in total. The average molecular weight is 572 g/mol. The van der Waals surface area contributed by atoms with Crippen LogP contribution in [0.15, 0.2) is 79.6 Å². The number of pyridine rings is 1. The maximum Gasteiger partial charge on any atom is 0.416 e. The number of hydrogen-bond donors (Lipinski definition) is 2. The quantitative estimate of drug-likeness (QED) is 0.210. The van der Waals surface area contributed by atoms with Crippen molar-refractivity contribution in [1.29, 1.82) is 0 Å². The van der Waals surface area contributed by atoms with E-state index in [9.17, 15) is 18.0 Å². The van der Waals surface area contributed by atoms with Crippen LogP contribution in [0.2, 0.25) is 0 Å². The first-order valence-electron chi connectivity index (χ1n) is 13.2. The van der Waals surface area contributed by atoms with Crippen LogP contribution in [-0.4, -0.2) is 30.4 Å². The van der Waals surface area contributed by atoms with Crippen LogP contribution in [0.1, 0.15) is 52.5 Å². The fourth-order valence-electron chi connectivity index (χ4n) is 4.27. The van der Waals surface area contributed by atoms with E-state index in [2.05, 4.69) is 44.4 Å². The summed E-state index contributed by atoms with van der Waals surface area (Å²) in [6.45, 7) is 7.77. The second kappa shape index (κ2) is 11.4. The smallest absolute Gasteiger partial charge is 0.324 e. The molecular formula is C31H28F3N7O. The number of rotatable bonds is 7. The predicted molar refractivity (Wildman–Crippen MR) is 155 cm³/mol. The number of imidazole rings is 1. The first-order chi connectivity index (χ1) is 20.0. The standard InChI is InChI=1S/C31H28F3N7O/c1-18(2)22-9-23(15-35-14-22)27-7-8-36-30(39-27)40-28-10-21(6-5-19(28)3)29(42)38-25-11-24(31(32,33)34)12-26(13-25)41-16-20(4)37-17-41/h5-18H,1-4H3,(H,38,42)(H,36,39,40). The molecule has 2 N–H and O–H groups in total. The molecule has 0 radical (unpaired) electrons. The van der Waals surface area contributed by atoms with E-state index >= 15 is 0 Å². The highest BCUT2D eigenvalue weighted by molar-refractivity contribution is 6.05. The molecule has 0 aliphatic rings. The van der Waals surface area contributed by atoms with Crippen LogP contribution < -0.4 is 10.6 Å². The highest BCUT2D eigenvalue weighted by atomic mass is 19.4. The fraction of sp³-hybridized carbons (Fsp3) is 0.194. The van der Waals surface area contributed by atoms with Crippen molar-refractivity contribution in [3.63, 3.8) is 0 Å². The Morgan fingerprint density at radius 1 is 0.976 bits per heavy atom. The van der Waals surface area contributed by atoms with Gasteiger partial charge in [0.25, 0.3) is 5.91 Å². The summed E-state index contributed by atoms with van der Waals surface area (Å²) < 4.78 is 42.5. The Labute approximate surface area is 240 Å². The minimum Gasteiger partial charge on any atom is -0.324 e. The Hall–Kier alpha value is -5.06. The van der Waals surface area contributed by atoms with Crippen molar-refractivity contribution in [2.45, 2.75) is 39.8 Å². The molecule has 0 unspecified atom stereocenters.